The van der Waals surface area contributed by atoms with Crippen LogP contribution in [0.1, 0.15) is 11.1 Å². The molecule has 3 rings (SSSR count). The van der Waals surface area contributed by atoms with Crippen LogP contribution in [-0.2, 0) is 5.41 Å². The van der Waals surface area contributed by atoms with E-state index in [4.69, 9.17) is 4.74 Å². The third-order valence-corrected chi connectivity index (χ3v) is 4.41. The molecule has 0 bridgehead atoms. The van der Waals surface area contributed by atoms with E-state index in [-0.39, 0.29) is 5.75 Å². The molecule has 0 fully saturated rings. The molecule has 3 aromatic carbocycles. The molecule has 0 radical (unpaired) electrons. The zero-order chi connectivity index (χ0) is 21.3. The summed E-state index contributed by atoms with van der Waals surface area (Å²) >= 11 is 0. The number of para-hydroxylation sites is 1. The minimum atomic E-state index is -5.77. The average molecular weight is 412 g/mol. The van der Waals surface area contributed by atoms with E-state index < -0.39 is 34.6 Å². The van der Waals surface area contributed by atoms with Gasteiger partial charge in [0.25, 0.3) is 0 Å². The Bertz CT molecular complexity index is 952. The third kappa shape index (κ3) is 3.62. The highest BCUT2D eigenvalue weighted by atomic mass is 19.4. The molecule has 2 nitrogen and oxygen atoms in total. The van der Waals surface area contributed by atoms with Gasteiger partial charge in [-0.15, -0.1) is 0 Å². The highest BCUT2D eigenvalue weighted by Gasteiger charge is 2.73. The number of rotatable bonds is 4. The van der Waals surface area contributed by atoms with Crippen LogP contribution in [0.5, 0.6) is 17.2 Å². The number of benzene rings is 3. The minimum absolute atomic E-state index is 0.108. The normalized spacial score (nSPS) is 12.6. The standard InChI is InChI=1S/C21H14F6O2/c22-20(23,24)19(21(25,26)27,14-7-3-1-4-8-14)17-12-11-16(13-18(17)28)29-15-9-5-2-6-10-15/h1-13,28H. The summed E-state index contributed by atoms with van der Waals surface area (Å²) in [6, 6.07) is 15.3. The predicted molar refractivity (Wildman–Crippen MR) is 94.0 cm³/mol. The summed E-state index contributed by atoms with van der Waals surface area (Å²) in [5.74, 6) is -0.985. The zero-order valence-electron chi connectivity index (χ0n) is 14.6. The molecule has 0 amide bonds. The summed E-state index contributed by atoms with van der Waals surface area (Å²) < 4.78 is 89.4. The van der Waals surface area contributed by atoms with Gasteiger partial charge in [0.05, 0.1) is 0 Å². The van der Waals surface area contributed by atoms with Crippen LogP contribution in [0.25, 0.3) is 0 Å². The van der Waals surface area contributed by atoms with Crippen molar-refractivity contribution in [1.29, 1.82) is 0 Å². The first-order chi connectivity index (χ1) is 13.6. The van der Waals surface area contributed by atoms with Gasteiger partial charge in [0, 0.05) is 11.6 Å². The smallest absolute Gasteiger partial charge is 0.411 e. The van der Waals surface area contributed by atoms with E-state index >= 15 is 0 Å². The Morgan fingerprint density at radius 3 is 1.62 bits per heavy atom. The van der Waals surface area contributed by atoms with E-state index in [1.54, 1.807) is 30.3 Å². The second-order valence-corrected chi connectivity index (χ2v) is 6.21. The van der Waals surface area contributed by atoms with Gasteiger partial charge >= 0.3 is 12.4 Å². The maximum Gasteiger partial charge on any atom is 0.411 e. The molecular formula is C21H14F6O2. The van der Waals surface area contributed by atoms with Gasteiger partial charge in [-0.2, -0.15) is 26.3 Å². The fourth-order valence-electron chi connectivity index (χ4n) is 3.15. The molecule has 152 valence electrons. The van der Waals surface area contributed by atoms with Crippen molar-refractivity contribution in [2.75, 3.05) is 0 Å². The van der Waals surface area contributed by atoms with Crippen LogP contribution in [0.3, 0.4) is 0 Å². The summed E-state index contributed by atoms with van der Waals surface area (Å²) in [5, 5.41) is 10.2. The monoisotopic (exact) mass is 412 g/mol. The quantitative estimate of drug-likeness (QED) is 0.490. The van der Waals surface area contributed by atoms with Crippen molar-refractivity contribution >= 4 is 0 Å². The molecule has 0 aromatic heterocycles. The Morgan fingerprint density at radius 1 is 0.621 bits per heavy atom. The van der Waals surface area contributed by atoms with Gasteiger partial charge < -0.3 is 9.84 Å². The maximum absolute atomic E-state index is 14.0. The van der Waals surface area contributed by atoms with Gasteiger partial charge in [0.15, 0.2) is 0 Å². The number of hydrogen-bond acceptors (Lipinski definition) is 2. The summed E-state index contributed by atoms with van der Waals surface area (Å²) in [4.78, 5) is 0. The lowest BCUT2D eigenvalue weighted by molar-refractivity contribution is -0.289. The van der Waals surface area contributed by atoms with Crippen LogP contribution < -0.4 is 4.74 Å². The first-order valence-electron chi connectivity index (χ1n) is 8.33. The first-order valence-corrected chi connectivity index (χ1v) is 8.33. The van der Waals surface area contributed by atoms with Crippen LogP contribution in [0.2, 0.25) is 0 Å². The van der Waals surface area contributed by atoms with Gasteiger partial charge in [-0.05, 0) is 23.8 Å². The van der Waals surface area contributed by atoms with Crippen molar-refractivity contribution in [2.45, 2.75) is 17.8 Å². The Morgan fingerprint density at radius 2 is 1.14 bits per heavy atom. The van der Waals surface area contributed by atoms with Gasteiger partial charge in [-0.25, -0.2) is 0 Å². The largest absolute Gasteiger partial charge is 0.507 e. The van der Waals surface area contributed by atoms with Crippen molar-refractivity contribution in [2.24, 2.45) is 0 Å². The topological polar surface area (TPSA) is 29.5 Å². The van der Waals surface area contributed by atoms with E-state index in [1.165, 1.54) is 6.07 Å². The van der Waals surface area contributed by atoms with Crippen molar-refractivity contribution in [1.82, 2.24) is 0 Å². The highest BCUT2D eigenvalue weighted by Crippen LogP contribution is 2.58. The maximum atomic E-state index is 14.0. The van der Waals surface area contributed by atoms with Crippen LogP contribution in [0, 0.1) is 0 Å². The van der Waals surface area contributed by atoms with Crippen molar-refractivity contribution in [3.8, 4) is 17.2 Å². The molecule has 0 saturated heterocycles. The molecule has 8 heteroatoms. The van der Waals surface area contributed by atoms with Crippen LogP contribution >= 0.6 is 0 Å². The van der Waals surface area contributed by atoms with Gasteiger partial charge in [-0.3, -0.25) is 0 Å². The molecule has 3 aromatic rings. The van der Waals surface area contributed by atoms with E-state index in [9.17, 15) is 31.4 Å². The molecule has 0 aliphatic carbocycles. The minimum Gasteiger partial charge on any atom is -0.507 e. The molecular weight excluding hydrogens is 398 g/mol. The Labute approximate surface area is 162 Å². The van der Waals surface area contributed by atoms with Gasteiger partial charge in [0.1, 0.15) is 17.2 Å². The molecule has 0 aliphatic rings. The number of halogens is 6. The lowest BCUT2D eigenvalue weighted by Gasteiger charge is -2.38. The van der Waals surface area contributed by atoms with E-state index in [1.807, 2.05) is 0 Å². The number of alkyl halides is 6. The number of aromatic hydroxyl groups is 1. The Hall–Kier alpha value is -3.16. The van der Waals surface area contributed by atoms with Gasteiger partial charge in [-0.1, -0.05) is 54.6 Å². The number of ether oxygens (including phenoxy) is 1. The fourth-order valence-corrected chi connectivity index (χ4v) is 3.15. The summed E-state index contributed by atoms with van der Waals surface area (Å²) in [6.07, 6.45) is -11.5. The molecule has 1 N–H and O–H groups in total. The van der Waals surface area contributed by atoms with E-state index in [0.717, 1.165) is 36.4 Å². The molecule has 0 aliphatic heterocycles. The molecule has 29 heavy (non-hydrogen) atoms. The summed E-state index contributed by atoms with van der Waals surface area (Å²) in [6.45, 7) is 0. The molecule has 0 atom stereocenters. The zero-order valence-corrected chi connectivity index (χ0v) is 14.6. The summed E-state index contributed by atoms with van der Waals surface area (Å²) in [7, 11) is 0. The second kappa shape index (κ2) is 7.35. The van der Waals surface area contributed by atoms with Crippen LogP contribution in [0.15, 0.2) is 78.9 Å². The average Bonchev–Trinajstić information content (AvgIpc) is 2.63. The highest BCUT2D eigenvalue weighted by molar-refractivity contribution is 5.53. The molecule has 0 unspecified atom stereocenters. The lowest BCUT2D eigenvalue weighted by Crippen LogP contribution is -2.54. The molecule has 0 saturated carbocycles. The number of hydrogen-bond donors (Lipinski definition) is 1. The number of phenols is 1. The van der Waals surface area contributed by atoms with Crippen LogP contribution in [0.4, 0.5) is 26.3 Å². The van der Waals surface area contributed by atoms with Crippen molar-refractivity contribution < 1.29 is 36.2 Å². The van der Waals surface area contributed by atoms with Gasteiger partial charge in [0.2, 0.25) is 5.41 Å². The van der Waals surface area contributed by atoms with Crippen molar-refractivity contribution in [3.05, 3.63) is 90.0 Å². The first kappa shape index (κ1) is 20.6. The molecule has 0 spiro atoms. The SMILES string of the molecule is Oc1cc(Oc2ccccc2)ccc1C(c1ccccc1)(C(F)(F)F)C(F)(F)F. The summed E-state index contributed by atoms with van der Waals surface area (Å²) in [5.41, 5.74) is -6.78. The molecule has 0 heterocycles. The second-order valence-electron chi connectivity index (χ2n) is 6.21. The Balaban J connectivity index is 2.19. The van der Waals surface area contributed by atoms with Crippen molar-refractivity contribution in [3.63, 3.8) is 0 Å². The van der Waals surface area contributed by atoms with E-state index in [0.29, 0.717) is 11.8 Å². The predicted octanol–water partition coefficient (Wildman–Crippen LogP) is 6.60. The van der Waals surface area contributed by atoms with Crippen LogP contribution in [-0.4, -0.2) is 17.5 Å². The number of phenolic OH excluding ortho intramolecular Hbond substituents is 1. The fraction of sp³-hybridized carbons (Fsp3) is 0.143. The lowest BCUT2D eigenvalue weighted by atomic mass is 9.72. The Kier molecular flexibility index (Phi) is 5.21. The third-order valence-electron chi connectivity index (χ3n) is 4.41. The van der Waals surface area contributed by atoms with E-state index in [2.05, 4.69) is 0 Å².